The molecule has 5 nitrogen and oxygen atoms in total. The number of carbonyl (C=O) groups is 2. The van der Waals surface area contributed by atoms with E-state index in [2.05, 4.69) is 11.1 Å². The molecule has 1 aliphatic rings. The Balaban J connectivity index is 1.84. The molecule has 106 valence electrons. The number of hydrogen-bond acceptors (Lipinski definition) is 3. The number of benzene rings is 1. The molecule has 5 heteroatoms. The van der Waals surface area contributed by atoms with Gasteiger partial charge in [0.15, 0.2) is 0 Å². The van der Waals surface area contributed by atoms with Gasteiger partial charge in [0, 0.05) is 13.1 Å². The summed E-state index contributed by atoms with van der Waals surface area (Å²) in [6.45, 7) is 1.16. The molecule has 2 aromatic rings. The molecule has 0 saturated heterocycles. The van der Waals surface area contributed by atoms with Gasteiger partial charge in [0.2, 0.25) is 0 Å². The molecule has 0 atom stereocenters. The second-order valence-corrected chi connectivity index (χ2v) is 4.96. The van der Waals surface area contributed by atoms with Gasteiger partial charge in [-0.3, -0.25) is 4.79 Å². The summed E-state index contributed by atoms with van der Waals surface area (Å²) in [6.07, 6.45) is 0.806. The van der Waals surface area contributed by atoms with Gasteiger partial charge in [0.1, 0.15) is 11.4 Å². The lowest BCUT2D eigenvalue weighted by atomic mass is 10.00. The molecule has 0 unspecified atom stereocenters. The molecule has 3 rings (SSSR count). The second-order valence-electron chi connectivity index (χ2n) is 4.96. The van der Waals surface area contributed by atoms with Crippen LogP contribution in [0, 0.1) is 0 Å². The fourth-order valence-electron chi connectivity index (χ4n) is 2.50. The van der Waals surface area contributed by atoms with Crippen LogP contribution in [0.1, 0.15) is 32.1 Å². The van der Waals surface area contributed by atoms with Gasteiger partial charge >= 0.3 is 5.97 Å². The number of carbonyl (C=O) groups excluding carboxylic acids is 1. The van der Waals surface area contributed by atoms with Crippen molar-refractivity contribution in [3.05, 3.63) is 65.0 Å². The molecule has 1 amide bonds. The number of carboxylic acid groups (broad SMARTS) is 1. The van der Waals surface area contributed by atoms with Crippen LogP contribution in [0.4, 0.5) is 0 Å². The third kappa shape index (κ3) is 2.63. The lowest BCUT2D eigenvalue weighted by Gasteiger charge is -2.28. The van der Waals surface area contributed by atoms with Crippen molar-refractivity contribution >= 4 is 11.9 Å². The van der Waals surface area contributed by atoms with E-state index in [1.807, 2.05) is 18.2 Å². The van der Waals surface area contributed by atoms with Crippen LogP contribution in [0.2, 0.25) is 0 Å². The fourth-order valence-corrected chi connectivity index (χ4v) is 2.50. The van der Waals surface area contributed by atoms with Crippen LogP contribution in [0.3, 0.4) is 0 Å². The van der Waals surface area contributed by atoms with E-state index in [0.717, 1.165) is 12.0 Å². The van der Waals surface area contributed by atoms with Crippen molar-refractivity contribution < 1.29 is 14.7 Å². The van der Waals surface area contributed by atoms with Crippen LogP contribution in [0.5, 0.6) is 0 Å². The molecule has 1 N–H and O–H groups in total. The highest BCUT2D eigenvalue weighted by atomic mass is 16.4. The normalized spacial score (nSPS) is 13.6. The molecule has 0 aliphatic carbocycles. The van der Waals surface area contributed by atoms with Gasteiger partial charge in [0.25, 0.3) is 5.91 Å². The number of nitrogens with zero attached hydrogens (tertiary/aromatic N) is 2. The van der Waals surface area contributed by atoms with Crippen LogP contribution in [-0.4, -0.2) is 33.4 Å². The van der Waals surface area contributed by atoms with Gasteiger partial charge in [-0.1, -0.05) is 30.3 Å². The lowest BCUT2D eigenvalue weighted by Crippen LogP contribution is -2.36. The Morgan fingerprint density at radius 2 is 1.71 bits per heavy atom. The third-order valence-electron chi connectivity index (χ3n) is 3.61. The largest absolute Gasteiger partial charge is 0.477 e. The Labute approximate surface area is 121 Å². The summed E-state index contributed by atoms with van der Waals surface area (Å²) in [4.78, 5) is 29.0. The summed E-state index contributed by atoms with van der Waals surface area (Å²) < 4.78 is 0. The molecule has 0 bridgehead atoms. The lowest BCUT2D eigenvalue weighted by molar-refractivity contribution is 0.0689. The highest BCUT2D eigenvalue weighted by Crippen LogP contribution is 2.19. The van der Waals surface area contributed by atoms with Crippen molar-refractivity contribution in [2.45, 2.75) is 13.0 Å². The van der Waals surface area contributed by atoms with Crippen LogP contribution in [0.15, 0.2) is 42.5 Å². The Hall–Kier alpha value is -2.69. The Kier molecular flexibility index (Phi) is 3.39. The first kappa shape index (κ1) is 13.3. The van der Waals surface area contributed by atoms with Crippen molar-refractivity contribution in [1.29, 1.82) is 0 Å². The molecule has 2 heterocycles. The predicted octanol–water partition coefficient (Wildman–Crippen LogP) is 1.98. The number of rotatable bonds is 2. The molecular formula is C16H14N2O3. The van der Waals surface area contributed by atoms with E-state index < -0.39 is 5.97 Å². The van der Waals surface area contributed by atoms with E-state index in [1.165, 1.54) is 11.6 Å². The summed E-state index contributed by atoms with van der Waals surface area (Å²) >= 11 is 0. The molecule has 0 radical (unpaired) electrons. The highest BCUT2D eigenvalue weighted by Gasteiger charge is 2.22. The Morgan fingerprint density at radius 3 is 2.48 bits per heavy atom. The maximum Gasteiger partial charge on any atom is 0.354 e. The van der Waals surface area contributed by atoms with Crippen LogP contribution in [0.25, 0.3) is 0 Å². The maximum absolute atomic E-state index is 12.5. The topological polar surface area (TPSA) is 70.5 Å². The van der Waals surface area contributed by atoms with Crippen LogP contribution in [-0.2, 0) is 13.0 Å². The first-order valence-electron chi connectivity index (χ1n) is 6.71. The number of amides is 1. The van der Waals surface area contributed by atoms with Gasteiger partial charge in [0.05, 0.1) is 0 Å². The smallest absolute Gasteiger partial charge is 0.354 e. The van der Waals surface area contributed by atoms with E-state index in [-0.39, 0.29) is 17.3 Å². The minimum atomic E-state index is -1.13. The molecule has 0 spiro atoms. The summed E-state index contributed by atoms with van der Waals surface area (Å²) in [5, 5.41) is 8.94. The van der Waals surface area contributed by atoms with E-state index in [4.69, 9.17) is 5.11 Å². The molecular weight excluding hydrogens is 268 g/mol. The molecule has 0 fully saturated rings. The van der Waals surface area contributed by atoms with Gasteiger partial charge in [-0.2, -0.15) is 0 Å². The molecule has 1 aliphatic heterocycles. The van der Waals surface area contributed by atoms with Gasteiger partial charge < -0.3 is 10.0 Å². The number of fused-ring (bicyclic) bond motifs is 1. The fraction of sp³-hybridized carbons (Fsp3) is 0.188. The van der Waals surface area contributed by atoms with E-state index >= 15 is 0 Å². The Bertz CT molecular complexity index is 712. The van der Waals surface area contributed by atoms with Crippen LogP contribution < -0.4 is 0 Å². The standard InChI is InChI=1S/C16H14N2O3/c19-15(13-6-3-7-14(17-13)16(20)21)18-9-8-11-4-1-2-5-12(11)10-18/h1-7H,8-10H2,(H,20,21). The zero-order valence-electron chi connectivity index (χ0n) is 11.3. The van der Waals surface area contributed by atoms with Crippen molar-refractivity contribution in [1.82, 2.24) is 9.88 Å². The van der Waals surface area contributed by atoms with Crippen LogP contribution >= 0.6 is 0 Å². The number of aromatic carboxylic acids is 1. The molecule has 1 aromatic heterocycles. The monoisotopic (exact) mass is 282 g/mol. The van der Waals surface area contributed by atoms with Crippen molar-refractivity contribution in [2.75, 3.05) is 6.54 Å². The number of aromatic nitrogens is 1. The van der Waals surface area contributed by atoms with E-state index in [1.54, 1.807) is 17.0 Å². The highest BCUT2D eigenvalue weighted by molar-refractivity contribution is 5.94. The maximum atomic E-state index is 12.5. The van der Waals surface area contributed by atoms with E-state index in [0.29, 0.717) is 13.1 Å². The molecule has 0 saturated carbocycles. The van der Waals surface area contributed by atoms with Gasteiger partial charge in [-0.05, 0) is 29.7 Å². The minimum Gasteiger partial charge on any atom is -0.477 e. The average molecular weight is 282 g/mol. The van der Waals surface area contributed by atoms with Crippen molar-refractivity contribution in [2.24, 2.45) is 0 Å². The number of hydrogen-bond donors (Lipinski definition) is 1. The average Bonchev–Trinajstić information content (AvgIpc) is 2.53. The second kappa shape index (κ2) is 5.36. The molecule has 1 aromatic carbocycles. The SMILES string of the molecule is O=C(O)c1cccc(C(=O)N2CCc3ccccc3C2)n1. The first-order chi connectivity index (χ1) is 10.1. The first-order valence-corrected chi connectivity index (χ1v) is 6.71. The Morgan fingerprint density at radius 1 is 1.00 bits per heavy atom. The number of carboxylic acids is 1. The third-order valence-corrected chi connectivity index (χ3v) is 3.61. The summed E-state index contributed by atoms with van der Waals surface area (Å²) in [7, 11) is 0. The van der Waals surface area contributed by atoms with Gasteiger partial charge in [-0.15, -0.1) is 0 Å². The molecule has 21 heavy (non-hydrogen) atoms. The quantitative estimate of drug-likeness (QED) is 0.914. The van der Waals surface area contributed by atoms with Crippen molar-refractivity contribution in [3.8, 4) is 0 Å². The van der Waals surface area contributed by atoms with Crippen molar-refractivity contribution in [3.63, 3.8) is 0 Å². The van der Waals surface area contributed by atoms with Gasteiger partial charge in [-0.25, -0.2) is 9.78 Å². The summed E-state index contributed by atoms with van der Waals surface area (Å²) in [6, 6.07) is 12.5. The summed E-state index contributed by atoms with van der Waals surface area (Å²) in [5.74, 6) is -1.36. The summed E-state index contributed by atoms with van der Waals surface area (Å²) in [5.41, 5.74) is 2.45. The number of pyridine rings is 1. The zero-order valence-corrected chi connectivity index (χ0v) is 11.3. The zero-order chi connectivity index (χ0) is 14.8. The van der Waals surface area contributed by atoms with E-state index in [9.17, 15) is 9.59 Å². The minimum absolute atomic E-state index is 0.113. The predicted molar refractivity (Wildman–Crippen MR) is 76.1 cm³/mol.